The van der Waals surface area contributed by atoms with E-state index < -0.39 is 0 Å². The fraction of sp³-hybridized carbons (Fsp3) is 0.824. The van der Waals surface area contributed by atoms with E-state index in [2.05, 4.69) is 41.7 Å². The van der Waals surface area contributed by atoms with Crippen molar-refractivity contribution in [3.8, 4) is 0 Å². The first-order valence-electron chi connectivity index (χ1n) is 8.17. The number of carbonyl (C=O) groups is 1. The zero-order valence-electron chi connectivity index (χ0n) is 13.0. The Balaban J connectivity index is 3.25. The maximum absolute atomic E-state index is 11.6. The molecule has 0 rings (SSSR count). The van der Waals surface area contributed by atoms with Gasteiger partial charge in [0.2, 0.25) is 0 Å². The maximum Gasteiger partial charge on any atom is 0.189 e. The molecule has 1 nitrogen and oxygen atoms in total. The minimum Gasteiger partial charge on any atom is -0.287 e. The molecule has 0 bridgehead atoms. The third-order valence-corrected chi connectivity index (χ3v) is 4.89. The minimum atomic E-state index is 0.370. The van der Waals surface area contributed by atoms with Crippen LogP contribution >= 0.6 is 34.4 Å². The van der Waals surface area contributed by atoms with Crippen LogP contribution in [0.25, 0.3) is 0 Å². The fourth-order valence-electron chi connectivity index (χ4n) is 1.98. The number of halogens is 1. The number of hydrogen-bond donors (Lipinski definition) is 0. The largest absolute Gasteiger partial charge is 0.287 e. The van der Waals surface area contributed by atoms with Crippen LogP contribution in [-0.4, -0.2) is 15.3 Å². The molecule has 0 heterocycles. The molecule has 0 aromatic heterocycles. The van der Waals surface area contributed by atoms with Gasteiger partial charge in [0.05, 0.1) is 0 Å². The Hall–Kier alpha value is 0.490. The van der Waals surface area contributed by atoms with Crippen LogP contribution in [0.15, 0.2) is 12.2 Å². The minimum absolute atomic E-state index is 0.370. The summed E-state index contributed by atoms with van der Waals surface area (Å²) in [4.78, 5) is 11.6. The highest BCUT2D eigenvalue weighted by Crippen LogP contribution is 2.12. The molecule has 0 saturated heterocycles. The van der Waals surface area contributed by atoms with E-state index in [1.165, 1.54) is 74.0 Å². The lowest BCUT2D eigenvalue weighted by atomic mass is 10.1. The van der Waals surface area contributed by atoms with Crippen molar-refractivity contribution in [1.29, 1.82) is 0 Å². The van der Waals surface area contributed by atoms with Gasteiger partial charge in [0.25, 0.3) is 0 Å². The van der Waals surface area contributed by atoms with Gasteiger partial charge in [0.15, 0.2) is 5.12 Å². The van der Waals surface area contributed by atoms with Gasteiger partial charge >= 0.3 is 0 Å². The van der Waals surface area contributed by atoms with Crippen molar-refractivity contribution in [3.05, 3.63) is 12.2 Å². The van der Waals surface area contributed by atoms with E-state index in [1.54, 1.807) is 0 Å². The second-order valence-electron chi connectivity index (χ2n) is 5.21. The molecule has 0 N–H and O–H groups in total. The zero-order chi connectivity index (χ0) is 14.9. The molecule has 0 aliphatic carbocycles. The average molecular weight is 410 g/mol. The van der Waals surface area contributed by atoms with Crippen LogP contribution in [0.2, 0.25) is 0 Å². The molecule has 0 spiro atoms. The summed E-state index contributed by atoms with van der Waals surface area (Å²) in [5.41, 5.74) is 0. The Morgan fingerprint density at radius 2 is 1.65 bits per heavy atom. The molecule has 20 heavy (non-hydrogen) atoms. The average Bonchev–Trinajstić information content (AvgIpc) is 2.45. The van der Waals surface area contributed by atoms with Crippen LogP contribution in [0.3, 0.4) is 0 Å². The van der Waals surface area contributed by atoms with E-state index >= 15 is 0 Å². The molecule has 0 saturated carbocycles. The summed E-state index contributed by atoms with van der Waals surface area (Å²) in [6, 6.07) is 0. The van der Waals surface area contributed by atoms with Crippen molar-refractivity contribution in [2.75, 3.05) is 10.2 Å². The highest BCUT2D eigenvalue weighted by Gasteiger charge is 2.00. The quantitative estimate of drug-likeness (QED) is 0.140. The Kier molecular flexibility index (Phi) is 18.0. The predicted octanol–water partition coefficient (Wildman–Crippen LogP) is 6.55. The van der Waals surface area contributed by atoms with Crippen molar-refractivity contribution in [3.63, 3.8) is 0 Å². The van der Waals surface area contributed by atoms with Crippen molar-refractivity contribution < 1.29 is 4.79 Å². The van der Waals surface area contributed by atoms with Crippen molar-refractivity contribution in [2.24, 2.45) is 0 Å². The first kappa shape index (κ1) is 20.5. The molecule has 0 radical (unpaired) electrons. The van der Waals surface area contributed by atoms with E-state index in [4.69, 9.17) is 0 Å². The molecule has 118 valence electrons. The molecule has 0 unspecified atom stereocenters. The lowest BCUT2D eigenvalue weighted by Crippen LogP contribution is -1.92. The second-order valence-corrected chi connectivity index (χ2v) is 7.37. The smallest absolute Gasteiger partial charge is 0.189 e. The van der Waals surface area contributed by atoms with Crippen molar-refractivity contribution in [2.45, 2.75) is 77.6 Å². The summed E-state index contributed by atoms with van der Waals surface area (Å²) >= 11 is 3.91. The summed E-state index contributed by atoms with van der Waals surface area (Å²) in [5, 5.41) is 0.370. The number of hydrogen-bond acceptors (Lipinski definition) is 2. The van der Waals surface area contributed by atoms with E-state index in [0.717, 1.165) is 18.6 Å². The van der Waals surface area contributed by atoms with Crippen LogP contribution in [0.5, 0.6) is 0 Å². The number of rotatable bonds is 14. The van der Waals surface area contributed by atoms with E-state index in [0.29, 0.717) is 5.12 Å². The van der Waals surface area contributed by atoms with Gasteiger partial charge in [0.1, 0.15) is 0 Å². The van der Waals surface area contributed by atoms with E-state index in [-0.39, 0.29) is 0 Å². The lowest BCUT2D eigenvalue weighted by Gasteiger charge is -2.00. The van der Waals surface area contributed by atoms with E-state index in [9.17, 15) is 4.79 Å². The summed E-state index contributed by atoms with van der Waals surface area (Å²) in [6.45, 7) is 2.24. The summed E-state index contributed by atoms with van der Waals surface area (Å²) in [5.74, 6) is 0.863. The van der Waals surface area contributed by atoms with Gasteiger partial charge in [0, 0.05) is 12.2 Å². The van der Waals surface area contributed by atoms with Crippen molar-refractivity contribution in [1.82, 2.24) is 0 Å². The molecule has 0 atom stereocenters. The molecule has 0 aromatic carbocycles. The second kappa shape index (κ2) is 17.5. The third kappa shape index (κ3) is 16.5. The molecular formula is C17H31IOS. The van der Waals surface area contributed by atoms with Crippen molar-refractivity contribution >= 4 is 39.5 Å². The molecular weight excluding hydrogens is 379 g/mol. The van der Waals surface area contributed by atoms with Gasteiger partial charge in [-0.25, -0.2) is 0 Å². The van der Waals surface area contributed by atoms with Gasteiger partial charge in [-0.1, -0.05) is 92.0 Å². The normalized spacial score (nSPS) is 11.3. The van der Waals surface area contributed by atoms with E-state index in [1.807, 2.05) is 0 Å². The van der Waals surface area contributed by atoms with Crippen LogP contribution < -0.4 is 0 Å². The van der Waals surface area contributed by atoms with Gasteiger partial charge in [-0.05, 0) is 30.1 Å². The Bertz CT molecular complexity index is 241. The molecule has 0 amide bonds. The lowest BCUT2D eigenvalue weighted by molar-refractivity contribution is -0.111. The Morgan fingerprint density at radius 1 is 0.950 bits per heavy atom. The number of unbranched alkanes of at least 4 members (excludes halogenated alkanes) is 8. The Morgan fingerprint density at radius 3 is 2.40 bits per heavy atom. The Labute approximate surface area is 143 Å². The van der Waals surface area contributed by atoms with Gasteiger partial charge in [-0.2, -0.15) is 0 Å². The van der Waals surface area contributed by atoms with Gasteiger partial charge in [-0.15, -0.1) is 0 Å². The van der Waals surface area contributed by atoms with Crippen LogP contribution in [-0.2, 0) is 4.79 Å². The SMILES string of the molecule is CCCCCC/C=C/CSC(=O)CCCCCCCI. The zero-order valence-corrected chi connectivity index (χ0v) is 16.0. The highest BCUT2D eigenvalue weighted by atomic mass is 127. The van der Waals surface area contributed by atoms with Crippen LogP contribution in [0.1, 0.15) is 77.6 Å². The molecule has 0 fully saturated rings. The topological polar surface area (TPSA) is 17.1 Å². The maximum atomic E-state index is 11.6. The predicted molar refractivity (Wildman–Crippen MR) is 102 cm³/mol. The van der Waals surface area contributed by atoms with Crippen LogP contribution in [0.4, 0.5) is 0 Å². The fourth-order valence-corrected chi connectivity index (χ4v) is 3.23. The first-order chi connectivity index (χ1) is 9.81. The third-order valence-electron chi connectivity index (χ3n) is 3.25. The highest BCUT2D eigenvalue weighted by molar-refractivity contribution is 14.1. The molecule has 0 aliphatic heterocycles. The van der Waals surface area contributed by atoms with Crippen LogP contribution in [0, 0.1) is 0 Å². The number of alkyl halides is 1. The molecule has 3 heteroatoms. The summed E-state index contributed by atoms with van der Waals surface area (Å²) in [7, 11) is 0. The molecule has 0 aliphatic rings. The summed E-state index contributed by atoms with van der Waals surface area (Å²) in [6.07, 6.45) is 17.8. The standard InChI is InChI=1S/C17H31IOS/c1-2-3-4-5-6-10-13-16-20-17(19)14-11-8-7-9-12-15-18/h10,13H,2-9,11-12,14-16H2,1H3/b13-10+. The van der Waals surface area contributed by atoms with Gasteiger partial charge in [-0.3, -0.25) is 4.79 Å². The first-order valence-corrected chi connectivity index (χ1v) is 10.7. The number of carbonyl (C=O) groups excluding carboxylic acids is 1. The summed E-state index contributed by atoms with van der Waals surface area (Å²) < 4.78 is 1.26. The monoisotopic (exact) mass is 410 g/mol. The number of allylic oxidation sites excluding steroid dienone is 1. The number of thioether (sulfide) groups is 1. The van der Waals surface area contributed by atoms with Gasteiger partial charge < -0.3 is 0 Å². The molecule has 0 aromatic rings.